The van der Waals surface area contributed by atoms with Gasteiger partial charge < -0.3 is 0 Å². The van der Waals surface area contributed by atoms with Crippen LogP contribution >= 0.6 is 0 Å². The van der Waals surface area contributed by atoms with Crippen molar-refractivity contribution in [1.29, 1.82) is 5.26 Å². The molecule has 5 nitrogen and oxygen atoms in total. The summed E-state index contributed by atoms with van der Waals surface area (Å²) >= 11 is 0. The van der Waals surface area contributed by atoms with Crippen LogP contribution in [0, 0.1) is 11.3 Å². The highest BCUT2D eigenvalue weighted by atomic mass is 32.2. The molecule has 0 bridgehead atoms. The van der Waals surface area contributed by atoms with Gasteiger partial charge in [0.25, 0.3) is 10.2 Å². The van der Waals surface area contributed by atoms with Gasteiger partial charge in [0.15, 0.2) is 0 Å². The van der Waals surface area contributed by atoms with Crippen molar-refractivity contribution in [2.75, 3.05) is 13.1 Å². The first-order valence-electron chi connectivity index (χ1n) is 5.24. The summed E-state index contributed by atoms with van der Waals surface area (Å²) in [6.45, 7) is 3.06. The summed E-state index contributed by atoms with van der Waals surface area (Å²) < 4.78 is 27.6. The van der Waals surface area contributed by atoms with Crippen LogP contribution < -0.4 is 4.72 Å². The van der Waals surface area contributed by atoms with Crippen molar-refractivity contribution in [3.8, 4) is 6.07 Å². The van der Waals surface area contributed by atoms with E-state index < -0.39 is 10.2 Å². The van der Waals surface area contributed by atoms with Gasteiger partial charge in [-0.1, -0.05) is 6.92 Å². The molecular weight excluding hydrogens is 214 g/mol. The van der Waals surface area contributed by atoms with Crippen molar-refractivity contribution in [2.24, 2.45) is 0 Å². The van der Waals surface area contributed by atoms with Crippen molar-refractivity contribution in [2.45, 2.75) is 38.6 Å². The van der Waals surface area contributed by atoms with Crippen molar-refractivity contribution in [1.82, 2.24) is 9.03 Å². The number of hydrogen-bond acceptors (Lipinski definition) is 3. The molecule has 1 heterocycles. The van der Waals surface area contributed by atoms with E-state index in [1.54, 1.807) is 0 Å². The van der Waals surface area contributed by atoms with Crippen molar-refractivity contribution in [3.05, 3.63) is 0 Å². The second kappa shape index (κ2) is 5.45. The summed E-state index contributed by atoms with van der Waals surface area (Å²) in [6, 6.07) is 1.72. The lowest BCUT2D eigenvalue weighted by atomic mass is 10.2. The second-order valence-electron chi connectivity index (χ2n) is 3.70. The summed E-state index contributed by atoms with van der Waals surface area (Å²) in [5.74, 6) is 0. The minimum Gasteiger partial charge on any atom is -0.198 e. The Morgan fingerprint density at radius 1 is 1.47 bits per heavy atom. The first-order valence-corrected chi connectivity index (χ1v) is 6.68. The fourth-order valence-corrected chi connectivity index (χ4v) is 3.15. The molecule has 0 spiro atoms. The molecule has 0 aromatic rings. The molecule has 1 aliphatic rings. The molecule has 0 aromatic heterocycles. The van der Waals surface area contributed by atoms with Crippen LogP contribution in [-0.2, 0) is 10.2 Å². The minimum absolute atomic E-state index is 0.226. The Kier molecular flexibility index (Phi) is 4.51. The zero-order chi connectivity index (χ0) is 11.3. The minimum atomic E-state index is -3.36. The molecule has 15 heavy (non-hydrogen) atoms. The van der Waals surface area contributed by atoms with Crippen molar-refractivity contribution < 1.29 is 8.42 Å². The molecule has 1 saturated heterocycles. The second-order valence-corrected chi connectivity index (χ2v) is 5.40. The van der Waals surface area contributed by atoms with E-state index in [9.17, 15) is 8.42 Å². The van der Waals surface area contributed by atoms with Gasteiger partial charge in [0.05, 0.1) is 12.5 Å². The lowest BCUT2D eigenvalue weighted by Crippen LogP contribution is -2.43. The Bertz CT molecular complexity index is 328. The van der Waals surface area contributed by atoms with Crippen LogP contribution in [0.25, 0.3) is 0 Å². The molecule has 0 aliphatic carbocycles. The Balaban J connectivity index is 2.58. The van der Waals surface area contributed by atoms with E-state index in [1.165, 1.54) is 4.31 Å². The van der Waals surface area contributed by atoms with E-state index in [-0.39, 0.29) is 12.5 Å². The molecule has 1 rings (SSSR count). The molecular formula is C9H17N3O2S. The molecule has 6 heteroatoms. The summed E-state index contributed by atoms with van der Waals surface area (Å²) in [6.07, 6.45) is 2.72. The van der Waals surface area contributed by atoms with E-state index in [4.69, 9.17) is 5.26 Å². The van der Waals surface area contributed by atoms with Gasteiger partial charge in [0, 0.05) is 19.1 Å². The lowest BCUT2D eigenvalue weighted by Gasteiger charge is -2.20. The quantitative estimate of drug-likeness (QED) is 0.753. The Labute approximate surface area is 91.3 Å². The topological polar surface area (TPSA) is 73.2 Å². The summed E-state index contributed by atoms with van der Waals surface area (Å²) in [4.78, 5) is 0. The summed E-state index contributed by atoms with van der Waals surface area (Å²) in [5, 5.41) is 8.53. The van der Waals surface area contributed by atoms with Crippen LogP contribution in [-0.4, -0.2) is 31.9 Å². The molecule has 1 aliphatic heterocycles. The first-order chi connectivity index (χ1) is 7.10. The third-order valence-corrected chi connectivity index (χ3v) is 4.23. The van der Waals surface area contributed by atoms with Crippen LogP contribution in [0.15, 0.2) is 0 Å². The van der Waals surface area contributed by atoms with Gasteiger partial charge in [0.1, 0.15) is 0 Å². The van der Waals surface area contributed by atoms with Gasteiger partial charge >= 0.3 is 0 Å². The van der Waals surface area contributed by atoms with E-state index in [0.29, 0.717) is 19.5 Å². The number of hydrogen-bond donors (Lipinski definition) is 1. The van der Waals surface area contributed by atoms with E-state index >= 15 is 0 Å². The van der Waals surface area contributed by atoms with Crippen LogP contribution in [0.5, 0.6) is 0 Å². The smallest absolute Gasteiger partial charge is 0.198 e. The van der Waals surface area contributed by atoms with E-state index in [0.717, 1.165) is 12.8 Å². The highest BCUT2D eigenvalue weighted by Gasteiger charge is 2.26. The fourth-order valence-electron chi connectivity index (χ4n) is 1.59. The summed E-state index contributed by atoms with van der Waals surface area (Å²) in [5.41, 5.74) is 0. The number of nitriles is 1. The zero-order valence-electron chi connectivity index (χ0n) is 8.94. The molecule has 1 unspecified atom stereocenters. The van der Waals surface area contributed by atoms with Crippen molar-refractivity contribution >= 4 is 10.2 Å². The van der Waals surface area contributed by atoms with Gasteiger partial charge in [-0.25, -0.2) is 0 Å². The Morgan fingerprint density at radius 2 is 2.07 bits per heavy atom. The van der Waals surface area contributed by atoms with Crippen LogP contribution in [0.1, 0.15) is 32.6 Å². The van der Waals surface area contributed by atoms with Gasteiger partial charge in [0.2, 0.25) is 0 Å². The fraction of sp³-hybridized carbons (Fsp3) is 0.889. The lowest BCUT2D eigenvalue weighted by molar-refractivity contribution is 0.449. The molecule has 1 fully saturated rings. The molecule has 1 N–H and O–H groups in total. The SMILES string of the molecule is CCC(CC#N)NS(=O)(=O)N1CCCC1. The maximum Gasteiger partial charge on any atom is 0.279 e. The molecule has 0 amide bonds. The third-order valence-electron chi connectivity index (χ3n) is 2.55. The van der Waals surface area contributed by atoms with Crippen molar-refractivity contribution in [3.63, 3.8) is 0 Å². The maximum absolute atomic E-state index is 11.8. The predicted octanol–water partition coefficient (Wildman–Crippen LogP) is 0.609. The van der Waals surface area contributed by atoms with Gasteiger partial charge in [-0.15, -0.1) is 0 Å². The molecule has 1 atom stereocenters. The monoisotopic (exact) mass is 231 g/mol. The highest BCUT2D eigenvalue weighted by molar-refractivity contribution is 7.87. The molecule has 0 aromatic carbocycles. The predicted molar refractivity (Wildman–Crippen MR) is 57.2 cm³/mol. The number of nitrogens with zero attached hydrogens (tertiary/aromatic N) is 2. The van der Waals surface area contributed by atoms with E-state index in [1.807, 2.05) is 13.0 Å². The molecule has 0 saturated carbocycles. The maximum atomic E-state index is 11.8. The highest BCUT2D eigenvalue weighted by Crippen LogP contribution is 2.12. The first kappa shape index (κ1) is 12.4. The zero-order valence-corrected chi connectivity index (χ0v) is 9.76. The number of nitrogens with one attached hydrogen (secondary N) is 1. The van der Waals surface area contributed by atoms with Gasteiger partial charge in [-0.2, -0.15) is 22.7 Å². The van der Waals surface area contributed by atoms with Crippen LogP contribution in [0.2, 0.25) is 0 Å². The van der Waals surface area contributed by atoms with Gasteiger partial charge in [-0.05, 0) is 19.3 Å². The van der Waals surface area contributed by atoms with Crippen LogP contribution in [0.4, 0.5) is 0 Å². The standard InChI is InChI=1S/C9H17N3O2S/c1-2-9(5-6-10)11-15(13,14)12-7-3-4-8-12/h9,11H,2-5,7-8H2,1H3. The Morgan fingerprint density at radius 3 is 2.53 bits per heavy atom. The largest absolute Gasteiger partial charge is 0.279 e. The Hall–Kier alpha value is -0.640. The normalized spacial score (nSPS) is 20.0. The van der Waals surface area contributed by atoms with Crippen LogP contribution in [0.3, 0.4) is 0 Å². The molecule has 86 valence electrons. The summed E-state index contributed by atoms with van der Waals surface area (Å²) in [7, 11) is -3.36. The third kappa shape index (κ3) is 3.45. The average molecular weight is 231 g/mol. The number of rotatable bonds is 5. The average Bonchev–Trinajstić information content (AvgIpc) is 2.70. The van der Waals surface area contributed by atoms with E-state index in [2.05, 4.69) is 4.72 Å². The van der Waals surface area contributed by atoms with Gasteiger partial charge in [-0.3, -0.25) is 0 Å². The molecule has 0 radical (unpaired) electrons.